The van der Waals surface area contributed by atoms with Crippen molar-refractivity contribution in [1.82, 2.24) is 9.80 Å². The first-order chi connectivity index (χ1) is 16.0. The number of Topliss-reactive ketones (excluding diaryl/α,β-unsaturated/α-hetero) is 1. The van der Waals surface area contributed by atoms with E-state index < -0.39 is 23.5 Å². The maximum absolute atomic E-state index is 13.2. The number of methoxy groups -OCH3 is 1. The van der Waals surface area contributed by atoms with Gasteiger partial charge in [-0.1, -0.05) is 6.07 Å². The van der Waals surface area contributed by atoms with Crippen LogP contribution in [-0.2, 0) is 9.53 Å². The van der Waals surface area contributed by atoms with Gasteiger partial charge in [-0.05, 0) is 36.8 Å². The Kier molecular flexibility index (Phi) is 7.00. The highest BCUT2D eigenvalue weighted by molar-refractivity contribution is 6.15. The molecule has 9 nitrogen and oxygen atoms in total. The summed E-state index contributed by atoms with van der Waals surface area (Å²) in [4.78, 5) is 30.1. The van der Waals surface area contributed by atoms with Crippen molar-refractivity contribution in [3.8, 4) is 11.5 Å². The van der Waals surface area contributed by atoms with Crippen molar-refractivity contribution in [2.45, 2.75) is 13.0 Å². The lowest BCUT2D eigenvalue weighted by molar-refractivity contribution is -0.129. The van der Waals surface area contributed by atoms with E-state index in [1.807, 2.05) is 6.92 Å². The number of amides is 1. The van der Waals surface area contributed by atoms with E-state index in [1.54, 1.807) is 24.3 Å². The predicted molar refractivity (Wildman–Crippen MR) is 119 cm³/mol. The number of rotatable bonds is 9. The van der Waals surface area contributed by atoms with Crippen molar-refractivity contribution >= 4 is 11.7 Å². The van der Waals surface area contributed by atoms with E-state index in [1.165, 1.54) is 24.3 Å². The molecule has 0 bridgehead atoms. The van der Waals surface area contributed by atoms with Crippen molar-refractivity contribution < 1.29 is 33.3 Å². The number of carbonyl (C=O) groups excluding carboxylic acids is 2. The minimum absolute atomic E-state index is 0.0110. The Hall–Kier alpha value is -3.30. The van der Waals surface area contributed by atoms with Gasteiger partial charge in [0.05, 0.1) is 44.8 Å². The highest BCUT2D eigenvalue weighted by atomic mass is 16.5. The Morgan fingerprint density at radius 2 is 1.97 bits per heavy atom. The topological polar surface area (TPSA) is 102 Å². The van der Waals surface area contributed by atoms with Crippen LogP contribution in [0.5, 0.6) is 11.5 Å². The fourth-order valence-electron chi connectivity index (χ4n) is 4.21. The molecule has 1 atom stereocenters. The van der Waals surface area contributed by atoms with Gasteiger partial charge in [0.2, 0.25) is 5.78 Å². The van der Waals surface area contributed by atoms with Crippen molar-refractivity contribution in [3.05, 3.63) is 59.3 Å². The largest absolute Gasteiger partial charge is 0.503 e. The molecule has 2 aromatic rings. The normalized spacial score (nSPS) is 19.3. The summed E-state index contributed by atoms with van der Waals surface area (Å²) in [5.74, 6) is -0.585. The fourth-order valence-corrected chi connectivity index (χ4v) is 4.21. The fraction of sp³-hybridized carbons (Fsp3) is 0.417. The molecule has 2 aliphatic rings. The van der Waals surface area contributed by atoms with Crippen molar-refractivity contribution in [2.75, 3.05) is 53.1 Å². The summed E-state index contributed by atoms with van der Waals surface area (Å²) < 4.78 is 21.8. The zero-order valence-electron chi connectivity index (χ0n) is 18.8. The number of carbonyl (C=O) groups is 2. The van der Waals surface area contributed by atoms with Crippen LogP contribution in [0.4, 0.5) is 0 Å². The maximum atomic E-state index is 13.2. The van der Waals surface area contributed by atoms with Crippen molar-refractivity contribution in [2.24, 2.45) is 0 Å². The Morgan fingerprint density at radius 1 is 1.18 bits per heavy atom. The SMILES string of the molecule is CCOc1ccc([C@H]2C(C(=O)c3ccco3)=C(O)C(=O)N2CCN2CCOCC2)cc1OC. The molecule has 2 aliphatic heterocycles. The number of morpholine rings is 1. The Labute approximate surface area is 192 Å². The zero-order valence-corrected chi connectivity index (χ0v) is 18.8. The Balaban J connectivity index is 1.70. The maximum Gasteiger partial charge on any atom is 0.290 e. The molecule has 1 aromatic heterocycles. The molecule has 1 saturated heterocycles. The minimum atomic E-state index is -0.791. The molecule has 0 spiro atoms. The standard InChI is InChI=1S/C24H28N2O7/c1-3-32-17-7-6-16(15-19(17)30-2)21-20(22(27)18-5-4-12-33-18)23(28)24(29)26(21)9-8-25-10-13-31-14-11-25/h4-7,12,15,21,28H,3,8-11,13-14H2,1-2H3/t21-/m0/s1. The van der Waals surface area contributed by atoms with Gasteiger partial charge < -0.3 is 28.6 Å². The Bertz CT molecular complexity index is 1030. The second kappa shape index (κ2) is 10.1. The molecule has 1 aromatic carbocycles. The van der Waals surface area contributed by atoms with Gasteiger partial charge in [0.1, 0.15) is 0 Å². The second-order valence-electron chi connectivity index (χ2n) is 7.77. The van der Waals surface area contributed by atoms with Crippen LogP contribution in [0.1, 0.15) is 29.1 Å². The lowest BCUT2D eigenvalue weighted by Crippen LogP contribution is -2.43. The van der Waals surface area contributed by atoms with Gasteiger partial charge in [0.25, 0.3) is 5.91 Å². The number of aliphatic hydroxyl groups is 1. The molecule has 9 heteroatoms. The average Bonchev–Trinajstić information content (AvgIpc) is 3.46. The smallest absolute Gasteiger partial charge is 0.290 e. The molecule has 0 saturated carbocycles. The molecule has 4 rings (SSSR count). The predicted octanol–water partition coefficient (Wildman–Crippen LogP) is 2.60. The van der Waals surface area contributed by atoms with E-state index in [4.69, 9.17) is 18.6 Å². The van der Waals surface area contributed by atoms with E-state index in [-0.39, 0.29) is 11.3 Å². The molecule has 1 N–H and O–H groups in total. The molecule has 33 heavy (non-hydrogen) atoms. The number of hydrogen-bond acceptors (Lipinski definition) is 8. The number of ether oxygens (including phenoxy) is 3. The minimum Gasteiger partial charge on any atom is -0.503 e. The van der Waals surface area contributed by atoms with Crippen molar-refractivity contribution in [1.29, 1.82) is 0 Å². The van der Waals surface area contributed by atoms with Crippen LogP contribution in [-0.4, -0.2) is 79.7 Å². The van der Waals surface area contributed by atoms with Gasteiger partial charge >= 0.3 is 0 Å². The summed E-state index contributed by atoms with van der Waals surface area (Å²) in [6.07, 6.45) is 1.38. The summed E-state index contributed by atoms with van der Waals surface area (Å²) in [7, 11) is 1.53. The number of hydrogen-bond donors (Lipinski definition) is 1. The molecule has 0 radical (unpaired) electrons. The van der Waals surface area contributed by atoms with Crippen LogP contribution in [0, 0.1) is 0 Å². The molecule has 176 valence electrons. The highest BCUT2D eigenvalue weighted by Crippen LogP contribution is 2.41. The van der Waals surface area contributed by atoms with E-state index in [9.17, 15) is 14.7 Å². The van der Waals surface area contributed by atoms with E-state index in [0.717, 1.165) is 13.1 Å². The van der Waals surface area contributed by atoms with Gasteiger partial charge in [-0.15, -0.1) is 0 Å². The van der Waals surface area contributed by atoms with Crippen LogP contribution in [0.25, 0.3) is 0 Å². The third-order valence-corrected chi connectivity index (χ3v) is 5.86. The van der Waals surface area contributed by atoms with Gasteiger partial charge in [0.15, 0.2) is 23.0 Å². The summed E-state index contributed by atoms with van der Waals surface area (Å²) in [6, 6.07) is 7.57. The first-order valence-electron chi connectivity index (χ1n) is 11.0. The van der Waals surface area contributed by atoms with Crippen molar-refractivity contribution in [3.63, 3.8) is 0 Å². The third kappa shape index (κ3) is 4.60. The molecule has 1 fully saturated rings. The van der Waals surface area contributed by atoms with E-state index >= 15 is 0 Å². The molecule has 3 heterocycles. The first-order valence-corrected chi connectivity index (χ1v) is 11.0. The van der Waals surface area contributed by atoms with Crippen LogP contribution in [0.2, 0.25) is 0 Å². The van der Waals surface area contributed by atoms with Gasteiger partial charge in [0, 0.05) is 26.2 Å². The number of furan rings is 1. The van der Waals surface area contributed by atoms with E-state index in [0.29, 0.717) is 50.0 Å². The lowest BCUT2D eigenvalue weighted by Gasteiger charge is -2.31. The summed E-state index contributed by atoms with van der Waals surface area (Å²) in [5, 5.41) is 10.8. The van der Waals surface area contributed by atoms with Crippen LogP contribution >= 0.6 is 0 Å². The van der Waals surface area contributed by atoms with E-state index in [2.05, 4.69) is 4.90 Å². The number of nitrogens with zero attached hydrogens (tertiary/aromatic N) is 2. The highest BCUT2D eigenvalue weighted by Gasteiger charge is 2.44. The first kappa shape index (κ1) is 22.9. The summed E-state index contributed by atoms with van der Waals surface area (Å²) in [5.41, 5.74) is 0.618. The van der Waals surface area contributed by atoms with Gasteiger partial charge in [-0.25, -0.2) is 0 Å². The van der Waals surface area contributed by atoms with Crippen LogP contribution < -0.4 is 9.47 Å². The summed E-state index contributed by atoms with van der Waals surface area (Å²) >= 11 is 0. The number of ketones is 1. The lowest BCUT2D eigenvalue weighted by atomic mass is 9.94. The monoisotopic (exact) mass is 456 g/mol. The molecule has 1 amide bonds. The molecule has 0 unspecified atom stereocenters. The molecule has 0 aliphatic carbocycles. The molecular weight excluding hydrogens is 428 g/mol. The average molecular weight is 456 g/mol. The van der Waals surface area contributed by atoms with Crippen LogP contribution in [0.3, 0.4) is 0 Å². The summed E-state index contributed by atoms with van der Waals surface area (Å²) in [6.45, 7) is 6.07. The quantitative estimate of drug-likeness (QED) is 0.575. The van der Waals surface area contributed by atoms with Crippen LogP contribution in [0.15, 0.2) is 52.3 Å². The third-order valence-electron chi connectivity index (χ3n) is 5.86. The number of aliphatic hydroxyl groups excluding tert-OH is 1. The Morgan fingerprint density at radius 3 is 2.64 bits per heavy atom. The molecular formula is C24H28N2O7. The second-order valence-corrected chi connectivity index (χ2v) is 7.77. The zero-order chi connectivity index (χ0) is 23.4. The van der Waals surface area contributed by atoms with Gasteiger partial charge in [-0.2, -0.15) is 0 Å². The van der Waals surface area contributed by atoms with Gasteiger partial charge in [-0.3, -0.25) is 14.5 Å². The number of benzene rings is 1.